The van der Waals surface area contributed by atoms with Gasteiger partial charge >= 0.3 is 11.4 Å². The van der Waals surface area contributed by atoms with E-state index in [9.17, 15) is 14.4 Å². The van der Waals surface area contributed by atoms with Crippen LogP contribution in [0.2, 0.25) is 0 Å². The number of carbonyl (C=O) groups excluding carboxylic acids is 1. The predicted molar refractivity (Wildman–Crippen MR) is 203 cm³/mol. The number of fused-ring (bicyclic) bond motifs is 6. The second-order valence-electron chi connectivity index (χ2n) is 17.6. The van der Waals surface area contributed by atoms with Crippen LogP contribution in [0.3, 0.4) is 0 Å². The number of hydrogen-bond donors (Lipinski definition) is 1. The summed E-state index contributed by atoms with van der Waals surface area (Å²) >= 11 is 0. The summed E-state index contributed by atoms with van der Waals surface area (Å²) in [6.07, 6.45) is 9.10. The van der Waals surface area contributed by atoms with Gasteiger partial charge in [0, 0.05) is 59.2 Å². The van der Waals surface area contributed by atoms with Gasteiger partial charge in [-0.1, -0.05) is 53.7 Å². The van der Waals surface area contributed by atoms with Crippen molar-refractivity contribution in [2.45, 2.75) is 99.3 Å². The fraction of sp³-hybridized carbons (Fsp3) is 0.575. The highest BCUT2D eigenvalue weighted by Gasteiger charge is 2.37. The van der Waals surface area contributed by atoms with E-state index >= 15 is 0 Å². The van der Waals surface area contributed by atoms with Crippen LogP contribution in [-0.4, -0.2) is 64.2 Å². The molecule has 272 valence electrons. The van der Waals surface area contributed by atoms with Crippen LogP contribution in [0, 0.1) is 22.7 Å². The van der Waals surface area contributed by atoms with E-state index in [0.717, 1.165) is 59.6 Å². The third kappa shape index (κ3) is 6.65. The first-order valence-corrected chi connectivity index (χ1v) is 18.6. The molecule has 11 heteroatoms. The van der Waals surface area contributed by atoms with Crippen molar-refractivity contribution in [1.82, 2.24) is 38.5 Å². The number of rotatable bonds is 4. The zero-order valence-electron chi connectivity index (χ0n) is 31.8. The smallest absolute Gasteiger partial charge is 0.330 e. The first-order valence-electron chi connectivity index (χ1n) is 18.6. The molecule has 4 bridgehead atoms. The molecule has 0 saturated carbocycles. The number of nitrogens with one attached hydrogen (secondary N) is 1. The zero-order chi connectivity index (χ0) is 36.6. The van der Waals surface area contributed by atoms with Crippen molar-refractivity contribution in [1.29, 1.82) is 0 Å². The minimum atomic E-state index is -0.0218. The Labute approximate surface area is 300 Å². The van der Waals surface area contributed by atoms with Crippen LogP contribution in [0.15, 0.2) is 46.0 Å². The Kier molecular flexibility index (Phi) is 8.80. The molecule has 1 amide bonds. The fourth-order valence-electron chi connectivity index (χ4n) is 8.47. The predicted octanol–water partition coefficient (Wildman–Crippen LogP) is 5.35. The van der Waals surface area contributed by atoms with Gasteiger partial charge in [-0.3, -0.25) is 23.1 Å². The van der Waals surface area contributed by atoms with Crippen LogP contribution >= 0.6 is 0 Å². The van der Waals surface area contributed by atoms with Gasteiger partial charge in [0.15, 0.2) is 11.3 Å². The van der Waals surface area contributed by atoms with E-state index in [2.05, 4.69) is 71.1 Å². The van der Waals surface area contributed by atoms with Crippen molar-refractivity contribution in [3.63, 3.8) is 0 Å². The van der Waals surface area contributed by atoms with E-state index in [4.69, 9.17) is 9.97 Å². The SMILES string of the molecule is CC(=O)N1CC2CCC1C=C2c1ccc2c(n1)n(C)c(=O)n2CC(C)(C)C.Cn1c(=O)n(CC(C)(C)C)c2ccc(C3=CC4CCC3CN4)nc21. The largest absolute Gasteiger partial charge is 0.336 e. The van der Waals surface area contributed by atoms with Gasteiger partial charge in [-0.25, -0.2) is 19.6 Å². The van der Waals surface area contributed by atoms with Crippen molar-refractivity contribution in [3.8, 4) is 0 Å². The minimum Gasteiger partial charge on any atom is -0.336 e. The molecule has 0 aromatic carbocycles. The molecule has 0 spiro atoms. The van der Waals surface area contributed by atoms with Crippen molar-refractivity contribution >= 4 is 39.4 Å². The molecule has 1 N–H and O–H groups in total. The number of aryl methyl sites for hydroxylation is 2. The Morgan fingerprint density at radius 3 is 1.65 bits per heavy atom. The summed E-state index contributed by atoms with van der Waals surface area (Å²) in [4.78, 5) is 48.9. The number of nitrogens with zero attached hydrogens (tertiary/aromatic N) is 7. The van der Waals surface area contributed by atoms with Crippen LogP contribution in [0.4, 0.5) is 0 Å². The van der Waals surface area contributed by atoms with E-state index in [-0.39, 0.29) is 34.2 Å². The highest BCUT2D eigenvalue weighted by atomic mass is 16.2. The first kappa shape index (κ1) is 35.2. The lowest BCUT2D eigenvalue weighted by molar-refractivity contribution is -0.132. The van der Waals surface area contributed by atoms with Gasteiger partial charge < -0.3 is 10.2 Å². The number of pyridine rings is 2. The Hall–Kier alpha value is -4.25. The first-order chi connectivity index (χ1) is 24.0. The molecule has 0 radical (unpaired) electrons. The summed E-state index contributed by atoms with van der Waals surface area (Å²) in [5.74, 6) is 1.02. The normalized spacial score (nSPS) is 23.0. The van der Waals surface area contributed by atoms with Crippen LogP contribution in [0.5, 0.6) is 0 Å². The second-order valence-corrected chi connectivity index (χ2v) is 17.6. The topological polar surface area (TPSA) is 112 Å². The van der Waals surface area contributed by atoms with Crippen molar-refractivity contribution in [3.05, 3.63) is 68.8 Å². The van der Waals surface area contributed by atoms with Crippen molar-refractivity contribution in [2.24, 2.45) is 36.8 Å². The van der Waals surface area contributed by atoms with Gasteiger partial charge in [0.1, 0.15) is 0 Å². The lowest BCUT2D eigenvalue weighted by atomic mass is 9.78. The molecule has 11 nitrogen and oxygen atoms in total. The molecule has 51 heavy (non-hydrogen) atoms. The molecule has 4 aliphatic heterocycles. The monoisotopic (exact) mass is 694 g/mol. The average Bonchev–Trinajstić information content (AvgIpc) is 3.46. The van der Waals surface area contributed by atoms with Crippen LogP contribution in [0.25, 0.3) is 33.5 Å². The van der Waals surface area contributed by atoms with E-state index in [1.54, 1.807) is 23.1 Å². The molecular formula is C40H54N8O3. The molecule has 2 saturated heterocycles. The van der Waals surface area contributed by atoms with Gasteiger partial charge in [0.25, 0.3) is 0 Å². The third-order valence-corrected chi connectivity index (χ3v) is 10.9. The Balaban J connectivity index is 0.000000160. The second kappa shape index (κ2) is 12.8. The molecule has 4 unspecified atom stereocenters. The maximum atomic E-state index is 12.7. The molecule has 2 fully saturated rings. The van der Waals surface area contributed by atoms with Crippen molar-refractivity contribution in [2.75, 3.05) is 13.1 Å². The Morgan fingerprint density at radius 2 is 1.25 bits per heavy atom. The number of imidazole rings is 2. The lowest BCUT2D eigenvalue weighted by Gasteiger charge is -2.43. The number of aromatic nitrogens is 6. The molecule has 8 heterocycles. The Morgan fingerprint density at radius 1 is 0.745 bits per heavy atom. The molecule has 2 aliphatic carbocycles. The van der Waals surface area contributed by atoms with Crippen molar-refractivity contribution < 1.29 is 4.79 Å². The molecule has 4 aromatic rings. The van der Waals surface area contributed by atoms with Gasteiger partial charge in [0.2, 0.25) is 5.91 Å². The average molecular weight is 695 g/mol. The van der Waals surface area contributed by atoms with Crippen LogP contribution in [-0.2, 0) is 32.0 Å². The molecule has 4 atom stereocenters. The van der Waals surface area contributed by atoms with Gasteiger partial charge in [-0.2, -0.15) is 0 Å². The zero-order valence-corrected chi connectivity index (χ0v) is 31.8. The summed E-state index contributed by atoms with van der Waals surface area (Å²) in [5.41, 5.74) is 7.93. The fourth-order valence-corrected chi connectivity index (χ4v) is 8.47. The maximum absolute atomic E-state index is 12.7. The molecular weight excluding hydrogens is 640 g/mol. The number of piperidine rings is 2. The lowest BCUT2D eigenvalue weighted by Crippen LogP contribution is -2.48. The van der Waals surface area contributed by atoms with E-state index in [1.165, 1.54) is 24.0 Å². The molecule has 4 aromatic heterocycles. The van der Waals surface area contributed by atoms with Gasteiger partial charge in [0.05, 0.1) is 28.5 Å². The Bertz CT molecular complexity index is 2190. The van der Waals surface area contributed by atoms with E-state index in [1.807, 2.05) is 33.2 Å². The summed E-state index contributed by atoms with van der Waals surface area (Å²) in [6, 6.07) is 8.88. The van der Waals surface area contributed by atoms with Gasteiger partial charge in [-0.15, -0.1) is 0 Å². The summed E-state index contributed by atoms with van der Waals surface area (Å²) in [6.45, 7) is 17.7. The molecule has 10 rings (SSSR count). The highest BCUT2D eigenvalue weighted by Crippen LogP contribution is 2.40. The van der Waals surface area contributed by atoms with Crippen LogP contribution < -0.4 is 16.7 Å². The highest BCUT2D eigenvalue weighted by molar-refractivity contribution is 5.80. The van der Waals surface area contributed by atoms with E-state index < -0.39 is 0 Å². The third-order valence-electron chi connectivity index (χ3n) is 10.9. The summed E-state index contributed by atoms with van der Waals surface area (Å²) in [7, 11) is 3.61. The maximum Gasteiger partial charge on any atom is 0.330 e. The van der Waals surface area contributed by atoms with Crippen LogP contribution in [0.1, 0.15) is 85.5 Å². The number of hydrogen-bond acceptors (Lipinski definition) is 6. The standard InChI is InChI=1S/C21H28N4O2.C19H26N4O/c1-13(26)24-11-14-6-7-15(24)10-16(14)17-8-9-18-19(22-17)23(5)20(27)25(18)12-21(2,3)4;1-19(2,3)11-23-16-8-7-15(21-17(16)22(4)18(23)24)14-9-13-6-5-12(14)10-20-13/h8-10,14-15H,6-7,11-12H2,1-5H3;7-9,12-13,20H,5-6,10-11H2,1-4H3. The molecule has 6 aliphatic rings. The van der Waals surface area contributed by atoms with E-state index in [0.29, 0.717) is 31.0 Å². The van der Waals surface area contributed by atoms with Gasteiger partial charge in [-0.05, 0) is 77.8 Å². The summed E-state index contributed by atoms with van der Waals surface area (Å²) < 4.78 is 7.01. The number of carbonyl (C=O) groups is 1. The minimum absolute atomic E-state index is 0.0119. The summed E-state index contributed by atoms with van der Waals surface area (Å²) in [5, 5.41) is 3.54. The number of amides is 1. The quantitative estimate of drug-likeness (QED) is 0.308.